The molecule has 5 heteroatoms. The summed E-state index contributed by atoms with van der Waals surface area (Å²) in [6, 6.07) is 10.8. The van der Waals surface area contributed by atoms with Gasteiger partial charge in [0.15, 0.2) is 0 Å². The number of benzene rings is 1. The van der Waals surface area contributed by atoms with Gasteiger partial charge >= 0.3 is 0 Å². The molecule has 23 heavy (non-hydrogen) atoms. The third kappa shape index (κ3) is 4.79. The Morgan fingerprint density at radius 2 is 2.04 bits per heavy atom. The summed E-state index contributed by atoms with van der Waals surface area (Å²) >= 11 is 0. The number of pyridine rings is 1. The van der Waals surface area contributed by atoms with Gasteiger partial charge in [-0.1, -0.05) is 6.07 Å². The molecule has 1 aromatic heterocycles. The molecule has 1 heterocycles. The molecule has 5 nitrogen and oxygen atoms in total. The maximum atomic E-state index is 12.1. The van der Waals surface area contributed by atoms with Gasteiger partial charge in [-0.3, -0.25) is 9.78 Å². The number of aromatic nitrogens is 1. The first-order valence-corrected chi connectivity index (χ1v) is 7.81. The van der Waals surface area contributed by atoms with Gasteiger partial charge in [0.2, 0.25) is 0 Å². The van der Waals surface area contributed by atoms with Gasteiger partial charge in [0.1, 0.15) is 17.6 Å². The first kappa shape index (κ1) is 15.5. The Labute approximate surface area is 135 Å². The third-order valence-corrected chi connectivity index (χ3v) is 3.64. The fourth-order valence-corrected chi connectivity index (χ4v) is 2.06. The summed E-state index contributed by atoms with van der Waals surface area (Å²) in [4.78, 5) is 16.1. The highest BCUT2D eigenvalue weighted by atomic mass is 16.5. The van der Waals surface area contributed by atoms with Crippen molar-refractivity contribution in [3.05, 3.63) is 48.8 Å². The maximum Gasteiger partial charge on any atom is 0.253 e. The molecule has 0 bridgehead atoms. The number of amides is 1. The molecule has 1 aliphatic rings. The number of anilines is 1. The van der Waals surface area contributed by atoms with Crippen molar-refractivity contribution in [1.29, 1.82) is 0 Å². The van der Waals surface area contributed by atoms with Crippen LogP contribution in [0, 0.1) is 5.92 Å². The molecule has 0 aliphatic heterocycles. The Morgan fingerprint density at radius 1 is 1.26 bits per heavy atom. The van der Waals surface area contributed by atoms with Gasteiger partial charge in [0, 0.05) is 24.1 Å². The fraction of sp³-hybridized carbons (Fsp3) is 0.333. The van der Waals surface area contributed by atoms with Crippen LogP contribution in [0.1, 0.15) is 19.8 Å². The number of nitrogens with one attached hydrogen (secondary N) is 1. The van der Waals surface area contributed by atoms with Crippen LogP contribution < -0.4 is 10.1 Å². The quantitative estimate of drug-likeness (QED) is 0.848. The van der Waals surface area contributed by atoms with Crippen molar-refractivity contribution in [3.8, 4) is 11.5 Å². The zero-order valence-electron chi connectivity index (χ0n) is 13.1. The van der Waals surface area contributed by atoms with Crippen LogP contribution in [0.5, 0.6) is 11.5 Å². The lowest BCUT2D eigenvalue weighted by atomic mass is 10.2. The van der Waals surface area contributed by atoms with Crippen LogP contribution in [0.3, 0.4) is 0 Å². The molecular weight excluding hydrogens is 292 g/mol. The van der Waals surface area contributed by atoms with Crippen molar-refractivity contribution in [1.82, 2.24) is 4.98 Å². The van der Waals surface area contributed by atoms with Crippen molar-refractivity contribution in [2.75, 3.05) is 11.9 Å². The summed E-state index contributed by atoms with van der Waals surface area (Å²) in [6.45, 7) is 2.44. The van der Waals surface area contributed by atoms with Crippen LogP contribution in [0.2, 0.25) is 0 Å². The van der Waals surface area contributed by atoms with Crippen LogP contribution in [0.25, 0.3) is 0 Å². The van der Waals surface area contributed by atoms with Gasteiger partial charge in [0.05, 0.1) is 6.61 Å². The summed E-state index contributed by atoms with van der Waals surface area (Å²) in [5, 5.41) is 2.86. The Balaban J connectivity index is 1.57. The van der Waals surface area contributed by atoms with Gasteiger partial charge < -0.3 is 14.8 Å². The smallest absolute Gasteiger partial charge is 0.253 e. The normalized spacial score (nSPS) is 15.0. The Hall–Kier alpha value is -2.40. The van der Waals surface area contributed by atoms with Gasteiger partial charge in [-0.25, -0.2) is 0 Å². The number of rotatable bonds is 7. The maximum absolute atomic E-state index is 12.1. The van der Waals surface area contributed by atoms with E-state index in [0.29, 0.717) is 29.7 Å². The second-order valence-electron chi connectivity index (χ2n) is 5.72. The van der Waals surface area contributed by atoms with Crippen molar-refractivity contribution in [2.45, 2.75) is 25.9 Å². The summed E-state index contributed by atoms with van der Waals surface area (Å²) < 4.78 is 11.3. The summed E-state index contributed by atoms with van der Waals surface area (Å²) in [7, 11) is 0. The minimum atomic E-state index is -0.458. The lowest BCUT2D eigenvalue weighted by Gasteiger charge is -2.14. The van der Waals surface area contributed by atoms with Crippen molar-refractivity contribution in [3.63, 3.8) is 0 Å². The van der Waals surface area contributed by atoms with E-state index in [2.05, 4.69) is 10.3 Å². The minimum Gasteiger partial charge on any atom is -0.457 e. The van der Waals surface area contributed by atoms with Crippen LogP contribution in [0.15, 0.2) is 48.8 Å². The van der Waals surface area contributed by atoms with E-state index in [4.69, 9.17) is 9.47 Å². The highest BCUT2D eigenvalue weighted by Gasteiger charge is 2.24. The van der Waals surface area contributed by atoms with Crippen LogP contribution >= 0.6 is 0 Å². The summed E-state index contributed by atoms with van der Waals surface area (Å²) in [5.74, 6) is 1.85. The van der Waals surface area contributed by atoms with E-state index >= 15 is 0 Å². The molecule has 1 aliphatic carbocycles. The molecule has 1 amide bonds. The zero-order chi connectivity index (χ0) is 16.1. The van der Waals surface area contributed by atoms with E-state index < -0.39 is 6.10 Å². The molecule has 120 valence electrons. The van der Waals surface area contributed by atoms with Gasteiger partial charge in [0.25, 0.3) is 5.91 Å². The van der Waals surface area contributed by atoms with Gasteiger partial charge in [-0.05, 0) is 49.9 Å². The molecule has 0 saturated heterocycles. The predicted octanol–water partition coefficient (Wildman–Crippen LogP) is 3.63. The fourth-order valence-electron chi connectivity index (χ4n) is 2.06. The molecule has 2 aromatic rings. The Kier molecular flexibility index (Phi) is 4.88. The molecular formula is C18H20N2O3. The van der Waals surface area contributed by atoms with Crippen LogP contribution in [-0.2, 0) is 9.53 Å². The van der Waals surface area contributed by atoms with Crippen LogP contribution in [-0.4, -0.2) is 23.6 Å². The number of nitrogens with zero attached hydrogens (tertiary/aromatic N) is 1. The van der Waals surface area contributed by atoms with Gasteiger partial charge in [-0.2, -0.15) is 0 Å². The molecule has 3 rings (SSSR count). The Morgan fingerprint density at radius 3 is 2.78 bits per heavy atom. The lowest BCUT2D eigenvalue weighted by molar-refractivity contribution is -0.126. The first-order valence-electron chi connectivity index (χ1n) is 7.81. The Bertz CT molecular complexity index is 656. The monoisotopic (exact) mass is 312 g/mol. The van der Waals surface area contributed by atoms with E-state index in [0.717, 1.165) is 0 Å². The number of ether oxygens (including phenoxy) is 2. The van der Waals surface area contributed by atoms with E-state index in [-0.39, 0.29) is 5.91 Å². The van der Waals surface area contributed by atoms with Crippen molar-refractivity contribution < 1.29 is 14.3 Å². The molecule has 0 radical (unpaired) electrons. The van der Waals surface area contributed by atoms with Crippen molar-refractivity contribution >= 4 is 11.6 Å². The molecule has 1 saturated carbocycles. The van der Waals surface area contributed by atoms with Gasteiger partial charge in [-0.15, -0.1) is 0 Å². The molecule has 1 aromatic carbocycles. The highest BCUT2D eigenvalue weighted by molar-refractivity contribution is 5.94. The number of hydrogen-bond donors (Lipinski definition) is 1. The third-order valence-electron chi connectivity index (χ3n) is 3.64. The number of hydrogen-bond acceptors (Lipinski definition) is 4. The zero-order valence-corrected chi connectivity index (χ0v) is 13.1. The SMILES string of the molecule is C[C@H](OCC1CC1)C(=O)Nc1cccc(Oc2ccncc2)c1. The average Bonchev–Trinajstić information content (AvgIpc) is 3.38. The second-order valence-corrected chi connectivity index (χ2v) is 5.72. The number of carbonyl (C=O) groups excluding carboxylic acids is 1. The highest BCUT2D eigenvalue weighted by Crippen LogP contribution is 2.29. The van der Waals surface area contributed by atoms with E-state index in [1.165, 1.54) is 12.8 Å². The first-order chi connectivity index (χ1) is 11.2. The van der Waals surface area contributed by atoms with E-state index in [1.807, 2.05) is 18.2 Å². The van der Waals surface area contributed by atoms with E-state index in [1.54, 1.807) is 37.5 Å². The minimum absolute atomic E-state index is 0.147. The lowest BCUT2D eigenvalue weighted by Crippen LogP contribution is -2.28. The molecule has 0 spiro atoms. The largest absolute Gasteiger partial charge is 0.457 e. The second kappa shape index (κ2) is 7.24. The molecule has 1 N–H and O–H groups in total. The summed E-state index contributed by atoms with van der Waals surface area (Å²) in [5.41, 5.74) is 0.684. The molecule has 1 fully saturated rings. The number of carbonyl (C=O) groups is 1. The topological polar surface area (TPSA) is 60.5 Å². The van der Waals surface area contributed by atoms with E-state index in [9.17, 15) is 4.79 Å². The van der Waals surface area contributed by atoms with Crippen molar-refractivity contribution in [2.24, 2.45) is 5.92 Å². The summed E-state index contributed by atoms with van der Waals surface area (Å²) in [6.07, 6.45) is 5.30. The predicted molar refractivity (Wildman–Crippen MR) is 87.5 cm³/mol. The standard InChI is InChI=1S/C18H20N2O3/c1-13(22-12-14-5-6-14)18(21)20-15-3-2-4-17(11-15)23-16-7-9-19-10-8-16/h2-4,7-11,13-14H,5-6,12H2,1H3,(H,20,21)/t13-/m0/s1. The molecule has 1 atom stereocenters. The van der Waals surface area contributed by atoms with Crippen LogP contribution in [0.4, 0.5) is 5.69 Å². The molecule has 0 unspecified atom stereocenters. The average molecular weight is 312 g/mol.